The van der Waals surface area contributed by atoms with Crippen molar-refractivity contribution in [2.45, 2.75) is 73.8 Å². The molecule has 0 amide bonds. The van der Waals surface area contributed by atoms with Gasteiger partial charge >= 0.3 is 110 Å². The molecule has 2 spiro atoms. The highest BCUT2D eigenvalue weighted by Gasteiger charge is 3.08. The summed E-state index contributed by atoms with van der Waals surface area (Å²) >= 11 is 0. The second kappa shape index (κ2) is 23.1. The third-order valence-electron chi connectivity index (χ3n) is 19.4. The van der Waals surface area contributed by atoms with Gasteiger partial charge < -0.3 is 68.3 Å². The van der Waals surface area contributed by atoms with Crippen LogP contribution < -0.4 is 41.5 Å². The lowest BCUT2D eigenvalue weighted by atomic mass is 10.0. The Bertz CT molecular complexity index is 4050. The molecule has 9 heterocycles. The molecule has 9 aliphatic heterocycles. The van der Waals surface area contributed by atoms with Crippen LogP contribution in [0.1, 0.15) is 38.5 Å². The predicted octanol–water partition coefficient (Wildman–Crippen LogP) is 4.53. The molecular weight excluding hydrogens is 1390 g/mol. The van der Waals surface area contributed by atoms with Crippen LogP contribution in [0.4, 0.5) is 0 Å². The highest BCUT2D eigenvalue weighted by Crippen LogP contribution is 2.70. The molecule has 0 aromatic heterocycles. The number of benzene rings is 8. The smallest absolute Gasteiger partial charge is 0.401 e. The number of fused-ring (bicyclic) bond motifs is 6. The van der Waals surface area contributed by atoms with E-state index >= 15 is 0 Å². The zero-order chi connectivity index (χ0) is 65.3. The highest BCUT2D eigenvalue weighted by molar-refractivity contribution is 7.30. The summed E-state index contributed by atoms with van der Waals surface area (Å²) in [5, 5.41) is -0.335. The van der Waals surface area contributed by atoms with Crippen LogP contribution in [0, 0.1) is 11.8 Å². The first-order valence-corrected chi connectivity index (χ1v) is 51.5. The zero-order valence-corrected chi connectivity index (χ0v) is 62.1. The van der Waals surface area contributed by atoms with Crippen molar-refractivity contribution in [1.29, 1.82) is 0 Å². The number of esters is 4. The molecule has 10 atom stereocenters. The van der Waals surface area contributed by atoms with E-state index in [-0.39, 0.29) is 37.8 Å². The van der Waals surface area contributed by atoms with Gasteiger partial charge in [0.15, 0.2) is 0 Å². The van der Waals surface area contributed by atoms with E-state index < -0.39 is 132 Å². The molecule has 9 fully saturated rings. The van der Waals surface area contributed by atoms with Gasteiger partial charge in [0.2, 0.25) is 10.1 Å². The fraction of sp³-hybridized carbons (Fsp3) is 0.212. The Kier molecular flexibility index (Phi) is 15.2. The van der Waals surface area contributed by atoms with E-state index in [1.165, 1.54) is 0 Å². The molecule has 10 bridgehead atoms. The molecule has 10 unspecified atom stereocenters. The molecule has 8 aromatic rings. The van der Waals surface area contributed by atoms with Crippen LogP contribution in [-0.4, -0.2) is 121 Å². The molecule has 0 N–H and O–H groups in total. The summed E-state index contributed by atoms with van der Waals surface area (Å²) in [4.78, 5) is 52.5. The van der Waals surface area contributed by atoms with E-state index in [1.807, 2.05) is 256 Å². The van der Waals surface area contributed by atoms with Crippen LogP contribution in [0.3, 0.4) is 0 Å². The van der Waals surface area contributed by atoms with Crippen molar-refractivity contribution in [1.82, 2.24) is 0 Å². The summed E-state index contributed by atoms with van der Waals surface area (Å²) in [6.07, 6.45) is 0.911. The maximum absolute atomic E-state index is 13.4. The first kappa shape index (κ1) is 63.1. The number of rotatable bonds is 16. The average molecular weight is 1460 g/mol. The minimum atomic E-state index is -5.29. The first-order chi connectivity index (χ1) is 46.5. The van der Waals surface area contributed by atoms with E-state index in [2.05, 4.69) is 0 Å². The summed E-state index contributed by atoms with van der Waals surface area (Å²) in [7, 11) is -49.8. The Morgan fingerprint density at radius 1 is 0.302 bits per heavy atom. The molecule has 0 radical (unpaired) electrons. The topological polar surface area (TPSA) is 216 Å². The molecule has 9 saturated heterocycles. The summed E-state index contributed by atoms with van der Waals surface area (Å²) in [5.74, 6) is -3.80. The molecule has 8 aromatic carbocycles. The van der Waals surface area contributed by atoms with Gasteiger partial charge in [0, 0.05) is 31.1 Å². The van der Waals surface area contributed by atoms with Crippen LogP contribution >= 0.6 is 0 Å². The minimum absolute atomic E-state index is 0.0767. The Morgan fingerprint density at radius 2 is 0.531 bits per heavy atom. The number of carbonyl (C=O) groups excluding carboxylic acids is 4. The summed E-state index contributed by atoms with van der Waals surface area (Å²) < 4.78 is 131. The largest absolute Gasteiger partial charge is 0.524 e. The van der Waals surface area contributed by atoms with E-state index in [1.54, 1.807) is 0 Å². The van der Waals surface area contributed by atoms with E-state index in [9.17, 15) is 19.2 Å². The van der Waals surface area contributed by atoms with Crippen LogP contribution in [0.2, 0.25) is 25.2 Å². The fourth-order valence-electron chi connectivity index (χ4n) is 15.3. The van der Waals surface area contributed by atoms with Gasteiger partial charge in [0.1, 0.15) is 0 Å². The van der Waals surface area contributed by atoms with Crippen LogP contribution in [-0.2, 0) is 87.5 Å². The van der Waals surface area contributed by atoms with Gasteiger partial charge in [-0.3, -0.25) is 19.2 Å². The molecule has 9 aliphatic rings. The zero-order valence-electron chi connectivity index (χ0n) is 52.1. The minimum Gasteiger partial charge on any atom is -0.401 e. The maximum Gasteiger partial charge on any atom is 0.524 e. The van der Waals surface area contributed by atoms with E-state index in [0.29, 0.717) is 54.3 Å². The van der Waals surface area contributed by atoms with Gasteiger partial charge in [-0.2, -0.15) is 0 Å². The van der Waals surface area contributed by atoms with Crippen molar-refractivity contribution in [3.8, 4) is 0 Å². The summed E-state index contributed by atoms with van der Waals surface area (Å²) in [6.45, 7) is 3.91. The normalized spacial score (nSPS) is 37.8. The van der Waals surface area contributed by atoms with Gasteiger partial charge in [-0.15, -0.1) is 0 Å². The van der Waals surface area contributed by atoms with Crippen molar-refractivity contribution < 1.29 is 87.5 Å². The average Bonchev–Trinajstić information content (AvgIpc) is 1.21. The lowest BCUT2D eigenvalue weighted by Gasteiger charge is -2.76. The fourth-order valence-corrected chi connectivity index (χ4v) is 80.3. The molecule has 30 heteroatoms. The molecule has 96 heavy (non-hydrogen) atoms. The molecule has 0 aliphatic carbocycles. The van der Waals surface area contributed by atoms with Crippen molar-refractivity contribution >= 4 is 152 Å². The first-order valence-electron chi connectivity index (χ1n) is 32.3. The molecule has 0 saturated carbocycles. The monoisotopic (exact) mass is 1460 g/mol. The Balaban J connectivity index is 1.07. The number of carbonyl (C=O) groups is 4. The van der Waals surface area contributed by atoms with E-state index in [0.717, 1.165) is 0 Å². The highest BCUT2D eigenvalue weighted by atomic mass is 28.6. The van der Waals surface area contributed by atoms with Crippen molar-refractivity contribution in [2.24, 2.45) is 11.8 Å². The quantitative estimate of drug-likeness (QED) is 0.0738. The standard InChI is InChI=1S/C66H64O20Si10/c1-87(47-27-29-51-49-61(67)71-63(51)69)77-91(55-35-15-5-16-36-55)73-65-75-93(83-91,57-39-19-7-20-40-57)86-96(60-45-25-10-26-46-60)80-88(2,48-28-30-52-50-62(68)72-64(52)70)78-92(56-37-17-6-18-38-56)74-66(90(65,82-96)54-33-13-4-14-34-54)76-94(84-92,58-41-21-8-22-42-58)85-95(79-87,59-43-23-9-24-44-59)81-89(65,66)53-31-11-3-12-32-53/h3-26,31-46,51-52H,27-30,47-50H2,1-2H3. The lowest BCUT2D eigenvalue weighted by molar-refractivity contribution is -0.179. The third-order valence-corrected chi connectivity index (χ3v) is 67.5. The predicted molar refractivity (Wildman–Crippen MR) is 365 cm³/mol. The summed E-state index contributed by atoms with van der Waals surface area (Å²) in [6, 6.07) is 77.6. The third kappa shape index (κ3) is 9.47. The lowest BCUT2D eigenvalue weighted by Crippen LogP contribution is -3.14. The number of hydrogen-bond acceptors (Lipinski definition) is 20. The SMILES string of the molecule is C[Si]1(CCCC2CC(=O)OC2=O)O[Si]2(c3ccccc3)OC34O[Si](c5ccccc5)(O2)O[Si]2(c5ccccc5)O[Si](C)(CCCC5CC(=O)OC5=O)O[Si]5(c6ccccc6)OC6(O[Si](c7ccccc7)(O5)O[Si](c5ccccc5)(O1)O[Si]63c1ccccc1)[Si]4(c1ccccc1)O2. The molecular formula is C66H64O20Si10. The second-order valence-electron chi connectivity index (χ2n) is 25.7. The van der Waals surface area contributed by atoms with E-state index in [4.69, 9.17) is 68.3 Å². The van der Waals surface area contributed by atoms with Crippen molar-refractivity contribution in [3.63, 3.8) is 0 Å². The number of cyclic esters (lactones) is 4. The van der Waals surface area contributed by atoms with Crippen molar-refractivity contribution in [2.75, 3.05) is 0 Å². The van der Waals surface area contributed by atoms with Crippen LogP contribution in [0.15, 0.2) is 243 Å². The van der Waals surface area contributed by atoms with Crippen LogP contribution in [0.25, 0.3) is 0 Å². The molecule has 20 nitrogen and oxygen atoms in total. The van der Waals surface area contributed by atoms with Gasteiger partial charge in [0.05, 0.1) is 24.7 Å². The number of ether oxygens (including phenoxy) is 2. The van der Waals surface area contributed by atoms with Gasteiger partial charge in [-0.05, 0) is 48.4 Å². The van der Waals surface area contributed by atoms with Gasteiger partial charge in [-0.1, -0.05) is 255 Å². The maximum atomic E-state index is 13.4. The Morgan fingerprint density at radius 3 is 0.792 bits per heavy atom. The number of hydrogen-bond donors (Lipinski definition) is 0. The van der Waals surface area contributed by atoms with Gasteiger partial charge in [-0.25, -0.2) is 0 Å². The second-order valence-corrected chi connectivity index (χ2v) is 57.9. The van der Waals surface area contributed by atoms with Crippen molar-refractivity contribution in [3.05, 3.63) is 243 Å². The van der Waals surface area contributed by atoms with Gasteiger partial charge in [0.25, 0.3) is 0 Å². The molecule has 488 valence electrons. The Labute approximate surface area is 564 Å². The Hall–Kier alpha value is -6.35. The van der Waals surface area contributed by atoms with Crippen LogP contribution in [0.5, 0.6) is 0 Å². The summed E-state index contributed by atoms with van der Waals surface area (Å²) in [5.41, 5.74) is 0. The molecule has 17 rings (SSSR count).